The number of alkyl halides is 1. The van der Waals surface area contributed by atoms with E-state index >= 15 is 0 Å². The highest BCUT2D eigenvalue weighted by atomic mass is 32.1. The van der Waals surface area contributed by atoms with Crippen molar-refractivity contribution in [1.29, 1.82) is 0 Å². The van der Waals surface area contributed by atoms with Gasteiger partial charge in [0.05, 0.1) is 0 Å². The Morgan fingerprint density at radius 1 is 1.56 bits per heavy atom. The van der Waals surface area contributed by atoms with Crippen LogP contribution >= 0.6 is 11.3 Å². The maximum absolute atomic E-state index is 14.6. The number of hydrogen-bond donors (Lipinski definition) is 1. The lowest BCUT2D eigenvalue weighted by Gasteiger charge is -2.29. The fraction of sp³-hybridized carbons (Fsp3) is 0.692. The van der Waals surface area contributed by atoms with E-state index in [1.807, 2.05) is 18.4 Å². The zero-order valence-electron chi connectivity index (χ0n) is 10.1. The molecule has 2 rings (SSSR count). The molecule has 1 aliphatic heterocycles. The summed E-state index contributed by atoms with van der Waals surface area (Å²) in [5.41, 5.74) is -0.331. The molecule has 1 fully saturated rings. The van der Waals surface area contributed by atoms with Gasteiger partial charge in [-0.1, -0.05) is 6.42 Å². The van der Waals surface area contributed by atoms with Crippen LogP contribution in [0.5, 0.6) is 0 Å². The van der Waals surface area contributed by atoms with Gasteiger partial charge in [0, 0.05) is 17.3 Å². The summed E-state index contributed by atoms with van der Waals surface area (Å²) in [5, 5.41) is 5.37. The molecule has 3 heteroatoms. The molecule has 1 aromatic heterocycles. The molecule has 2 unspecified atom stereocenters. The summed E-state index contributed by atoms with van der Waals surface area (Å²) < 4.78 is 14.6. The van der Waals surface area contributed by atoms with E-state index in [2.05, 4.69) is 5.32 Å². The molecule has 1 nitrogen and oxygen atoms in total. The summed E-state index contributed by atoms with van der Waals surface area (Å²) in [6.07, 6.45) is 4.18. The van der Waals surface area contributed by atoms with Crippen molar-refractivity contribution in [1.82, 2.24) is 5.32 Å². The number of halogens is 1. The molecule has 0 bridgehead atoms. The normalized spacial score (nSPS) is 25.3. The predicted octanol–water partition coefficient (Wildman–Crippen LogP) is 3.77. The molecule has 0 aromatic carbocycles. The highest BCUT2D eigenvalue weighted by molar-refractivity contribution is 7.10. The largest absolute Gasteiger partial charge is 0.314 e. The van der Waals surface area contributed by atoms with E-state index < -0.39 is 5.67 Å². The van der Waals surface area contributed by atoms with E-state index in [1.165, 1.54) is 17.7 Å². The quantitative estimate of drug-likeness (QED) is 0.849. The van der Waals surface area contributed by atoms with Crippen molar-refractivity contribution in [3.63, 3.8) is 0 Å². The molecule has 16 heavy (non-hydrogen) atoms. The maximum Gasteiger partial charge on any atom is 0.135 e. The first-order chi connectivity index (χ1) is 7.58. The molecular weight excluding hydrogens is 221 g/mol. The first-order valence-corrected chi connectivity index (χ1v) is 6.94. The van der Waals surface area contributed by atoms with Gasteiger partial charge in [0.2, 0.25) is 0 Å². The average Bonchev–Trinajstić information content (AvgIpc) is 2.66. The summed E-state index contributed by atoms with van der Waals surface area (Å²) in [4.78, 5) is 1.19. The molecular formula is C13H20FNS. The molecule has 0 aliphatic carbocycles. The maximum atomic E-state index is 14.6. The molecule has 0 spiro atoms. The molecule has 1 aliphatic rings. The van der Waals surface area contributed by atoms with Crippen molar-refractivity contribution in [2.45, 2.75) is 51.2 Å². The van der Waals surface area contributed by atoms with Gasteiger partial charge < -0.3 is 5.32 Å². The summed E-state index contributed by atoms with van der Waals surface area (Å²) in [7, 11) is 0. The highest BCUT2D eigenvalue weighted by Gasteiger charge is 2.30. The summed E-state index contributed by atoms with van der Waals surface area (Å²) in [6, 6.07) is 2.33. The standard InChI is InChI=1S/C13H20FNS/c1-10-7-11(9-16-10)13(2,14)8-12-5-3-4-6-15-12/h7,9,12,15H,3-6,8H2,1-2H3. The van der Waals surface area contributed by atoms with Crippen LogP contribution in [0.25, 0.3) is 0 Å². The molecule has 0 amide bonds. The van der Waals surface area contributed by atoms with E-state index in [0.29, 0.717) is 12.5 Å². The van der Waals surface area contributed by atoms with Gasteiger partial charge in [-0.2, -0.15) is 0 Å². The Bertz CT molecular complexity index is 339. The van der Waals surface area contributed by atoms with Gasteiger partial charge in [-0.15, -0.1) is 11.3 Å². The number of hydrogen-bond acceptors (Lipinski definition) is 2. The summed E-state index contributed by atoms with van der Waals surface area (Å²) in [6.45, 7) is 4.79. The van der Waals surface area contributed by atoms with Crippen LogP contribution in [0.3, 0.4) is 0 Å². The second kappa shape index (κ2) is 4.84. The molecule has 90 valence electrons. The Morgan fingerprint density at radius 3 is 2.94 bits per heavy atom. The van der Waals surface area contributed by atoms with Gasteiger partial charge >= 0.3 is 0 Å². The van der Waals surface area contributed by atoms with Gasteiger partial charge in [-0.25, -0.2) is 4.39 Å². The Hall–Kier alpha value is -0.410. The number of nitrogens with one attached hydrogen (secondary N) is 1. The van der Waals surface area contributed by atoms with Crippen LogP contribution in [-0.2, 0) is 5.67 Å². The Morgan fingerprint density at radius 2 is 2.38 bits per heavy atom. The second-order valence-electron chi connectivity index (χ2n) is 4.99. The number of aryl methyl sites for hydroxylation is 1. The first-order valence-electron chi connectivity index (χ1n) is 6.06. The van der Waals surface area contributed by atoms with Crippen LogP contribution in [0, 0.1) is 6.92 Å². The highest BCUT2D eigenvalue weighted by Crippen LogP contribution is 2.34. The lowest BCUT2D eigenvalue weighted by Crippen LogP contribution is -2.38. The predicted molar refractivity (Wildman–Crippen MR) is 67.8 cm³/mol. The fourth-order valence-corrected chi connectivity index (χ4v) is 3.22. The van der Waals surface area contributed by atoms with Crippen molar-refractivity contribution in [3.8, 4) is 0 Å². The monoisotopic (exact) mass is 241 g/mol. The fourth-order valence-electron chi connectivity index (χ4n) is 2.40. The van der Waals surface area contributed by atoms with Crippen molar-refractivity contribution in [2.75, 3.05) is 6.54 Å². The van der Waals surface area contributed by atoms with Crippen LogP contribution in [0.2, 0.25) is 0 Å². The number of thiophene rings is 1. The molecule has 0 saturated carbocycles. The molecule has 2 heterocycles. The van der Waals surface area contributed by atoms with E-state index in [0.717, 1.165) is 18.5 Å². The first kappa shape index (κ1) is 12.1. The van der Waals surface area contributed by atoms with Crippen LogP contribution in [0.15, 0.2) is 11.4 Å². The van der Waals surface area contributed by atoms with Crippen molar-refractivity contribution in [3.05, 3.63) is 21.9 Å². The third kappa shape index (κ3) is 2.83. The SMILES string of the molecule is Cc1cc(C(C)(F)CC2CCCCN2)cs1. The van der Waals surface area contributed by atoms with Gasteiger partial charge in [0.1, 0.15) is 5.67 Å². The molecule has 1 saturated heterocycles. The van der Waals surface area contributed by atoms with Crippen molar-refractivity contribution < 1.29 is 4.39 Å². The lowest BCUT2D eigenvalue weighted by atomic mass is 9.89. The minimum atomic E-state index is -1.18. The third-order valence-electron chi connectivity index (χ3n) is 3.37. The van der Waals surface area contributed by atoms with Crippen molar-refractivity contribution >= 4 is 11.3 Å². The second-order valence-corrected chi connectivity index (χ2v) is 6.11. The van der Waals surface area contributed by atoms with Crippen LogP contribution in [0.4, 0.5) is 4.39 Å². The zero-order chi connectivity index (χ0) is 11.6. The number of piperidine rings is 1. The van der Waals surface area contributed by atoms with Gasteiger partial charge in [0.25, 0.3) is 0 Å². The molecule has 1 N–H and O–H groups in total. The van der Waals surface area contributed by atoms with Crippen molar-refractivity contribution in [2.24, 2.45) is 0 Å². The summed E-state index contributed by atoms with van der Waals surface area (Å²) in [5.74, 6) is 0. The lowest BCUT2D eigenvalue weighted by molar-refractivity contribution is 0.146. The van der Waals surface area contributed by atoms with E-state index in [-0.39, 0.29) is 0 Å². The number of rotatable bonds is 3. The Balaban J connectivity index is 2.01. The summed E-state index contributed by atoms with van der Waals surface area (Å²) >= 11 is 1.63. The smallest absolute Gasteiger partial charge is 0.135 e. The molecule has 0 radical (unpaired) electrons. The van der Waals surface area contributed by atoms with E-state index in [9.17, 15) is 4.39 Å². The van der Waals surface area contributed by atoms with E-state index in [4.69, 9.17) is 0 Å². The van der Waals surface area contributed by atoms with E-state index in [1.54, 1.807) is 18.3 Å². The molecule has 2 atom stereocenters. The van der Waals surface area contributed by atoms with Crippen LogP contribution in [-0.4, -0.2) is 12.6 Å². The Labute approximate surface area is 101 Å². The van der Waals surface area contributed by atoms with Gasteiger partial charge in [-0.05, 0) is 50.2 Å². The average molecular weight is 241 g/mol. The minimum absolute atomic E-state index is 0.351. The minimum Gasteiger partial charge on any atom is -0.314 e. The van der Waals surface area contributed by atoms with Gasteiger partial charge in [0.15, 0.2) is 0 Å². The van der Waals surface area contributed by atoms with Crippen LogP contribution < -0.4 is 5.32 Å². The topological polar surface area (TPSA) is 12.0 Å². The molecule has 1 aromatic rings. The van der Waals surface area contributed by atoms with Crippen LogP contribution in [0.1, 0.15) is 43.0 Å². The third-order valence-corrected chi connectivity index (χ3v) is 4.24. The zero-order valence-corrected chi connectivity index (χ0v) is 10.9. The van der Waals surface area contributed by atoms with Gasteiger partial charge in [-0.3, -0.25) is 0 Å². The Kier molecular flexibility index (Phi) is 3.65.